The summed E-state index contributed by atoms with van der Waals surface area (Å²) in [7, 11) is 1.39. The number of benzene rings is 2. The second kappa shape index (κ2) is 10.2. The molecule has 2 bridgehead atoms. The van der Waals surface area contributed by atoms with Crippen molar-refractivity contribution in [3.8, 4) is 23.0 Å². The first-order valence-corrected chi connectivity index (χ1v) is 13.8. The summed E-state index contributed by atoms with van der Waals surface area (Å²) in [6.07, 6.45) is 3.47. The standard InChI is InChI=1S/C29H32BrFO7/c1-14(2)9-20(32)17-7-8-21-23(26(17)35-4)27(33)36-13-18-24(31)19(30)11-22(25(18)37-21)38-28(34)29(3)12-15-5-6-16(29)10-15/h7-8,11,14-16,20,32H,5-6,9-10,12-13H2,1-4H3. The van der Waals surface area contributed by atoms with Crippen LogP contribution in [0.25, 0.3) is 0 Å². The largest absolute Gasteiger partial charge is 0.495 e. The van der Waals surface area contributed by atoms with E-state index >= 15 is 4.39 Å². The molecule has 0 spiro atoms. The van der Waals surface area contributed by atoms with Gasteiger partial charge in [0.2, 0.25) is 0 Å². The van der Waals surface area contributed by atoms with E-state index < -0.39 is 29.9 Å². The number of esters is 2. The summed E-state index contributed by atoms with van der Waals surface area (Å²) in [6, 6.07) is 4.48. The minimum Gasteiger partial charge on any atom is -0.495 e. The predicted octanol–water partition coefficient (Wildman–Crippen LogP) is 6.87. The highest BCUT2D eigenvalue weighted by atomic mass is 79.9. The van der Waals surface area contributed by atoms with Crippen molar-refractivity contribution in [2.75, 3.05) is 7.11 Å². The molecule has 1 aliphatic heterocycles. The topological polar surface area (TPSA) is 91.3 Å². The molecule has 1 N–H and O–H groups in total. The van der Waals surface area contributed by atoms with Crippen LogP contribution in [0.2, 0.25) is 0 Å². The fourth-order valence-corrected chi connectivity index (χ4v) is 6.71. The number of ether oxygens (including phenoxy) is 4. The second-order valence-corrected chi connectivity index (χ2v) is 12.1. The molecule has 0 saturated heterocycles. The summed E-state index contributed by atoms with van der Waals surface area (Å²) >= 11 is 3.19. The highest BCUT2D eigenvalue weighted by molar-refractivity contribution is 9.10. The second-order valence-electron chi connectivity index (χ2n) is 11.3. The van der Waals surface area contributed by atoms with Crippen LogP contribution in [0.15, 0.2) is 22.7 Å². The van der Waals surface area contributed by atoms with Crippen LogP contribution in [0.1, 0.15) is 80.5 Å². The van der Waals surface area contributed by atoms with E-state index in [4.69, 9.17) is 18.9 Å². The lowest BCUT2D eigenvalue weighted by Crippen LogP contribution is -2.37. The van der Waals surface area contributed by atoms with Crippen LogP contribution in [0.3, 0.4) is 0 Å². The molecule has 9 heteroatoms. The molecular formula is C29H32BrFO7. The van der Waals surface area contributed by atoms with Crippen molar-refractivity contribution in [1.82, 2.24) is 0 Å². The molecule has 4 unspecified atom stereocenters. The number of carbonyl (C=O) groups excluding carboxylic acids is 2. The zero-order valence-corrected chi connectivity index (χ0v) is 23.5. The van der Waals surface area contributed by atoms with Crippen LogP contribution in [-0.4, -0.2) is 24.2 Å². The van der Waals surface area contributed by atoms with Crippen molar-refractivity contribution in [1.29, 1.82) is 0 Å². The molecule has 204 valence electrons. The summed E-state index contributed by atoms with van der Waals surface area (Å²) in [4.78, 5) is 26.6. The highest BCUT2D eigenvalue weighted by Crippen LogP contribution is 2.57. The van der Waals surface area contributed by atoms with Crippen molar-refractivity contribution >= 4 is 27.9 Å². The van der Waals surface area contributed by atoms with Gasteiger partial charge >= 0.3 is 11.9 Å². The summed E-state index contributed by atoms with van der Waals surface area (Å²) in [6.45, 7) is 5.44. The zero-order chi connectivity index (χ0) is 27.4. The van der Waals surface area contributed by atoms with E-state index in [1.54, 1.807) is 6.07 Å². The highest BCUT2D eigenvalue weighted by Gasteiger charge is 2.53. The zero-order valence-electron chi connectivity index (χ0n) is 21.9. The third-order valence-corrected chi connectivity index (χ3v) is 8.80. The first kappa shape index (κ1) is 26.9. The van der Waals surface area contributed by atoms with Crippen molar-refractivity contribution in [3.63, 3.8) is 0 Å². The first-order valence-electron chi connectivity index (χ1n) is 13.0. The minimum atomic E-state index is -0.881. The first-order chi connectivity index (χ1) is 18.0. The van der Waals surface area contributed by atoms with Gasteiger partial charge in [-0.05, 0) is 78.4 Å². The maximum absolute atomic E-state index is 15.2. The Morgan fingerprint density at radius 3 is 2.71 bits per heavy atom. The van der Waals surface area contributed by atoms with Crippen LogP contribution in [0, 0.1) is 29.0 Å². The molecule has 2 aromatic rings. The molecule has 7 nitrogen and oxygen atoms in total. The third kappa shape index (κ3) is 4.57. The molecular weight excluding hydrogens is 559 g/mol. The lowest BCUT2D eigenvalue weighted by molar-refractivity contribution is -0.148. The Bertz CT molecular complexity index is 1290. The number of aliphatic hydroxyl groups is 1. The lowest BCUT2D eigenvalue weighted by atomic mass is 9.75. The number of fused-ring (bicyclic) bond motifs is 4. The Kier molecular flexibility index (Phi) is 7.20. The third-order valence-electron chi connectivity index (χ3n) is 8.23. The molecule has 3 aliphatic rings. The summed E-state index contributed by atoms with van der Waals surface area (Å²) in [5.41, 5.74) is -0.284. The fraction of sp³-hybridized carbons (Fsp3) is 0.517. The van der Waals surface area contributed by atoms with Crippen LogP contribution in [-0.2, 0) is 16.1 Å². The number of methoxy groups -OCH3 is 1. The maximum Gasteiger partial charge on any atom is 0.346 e. The van der Waals surface area contributed by atoms with Gasteiger partial charge in [0, 0.05) is 11.6 Å². The molecule has 1 heterocycles. The Balaban J connectivity index is 1.56. The average molecular weight is 591 g/mol. The summed E-state index contributed by atoms with van der Waals surface area (Å²) in [5, 5.41) is 10.8. The van der Waals surface area contributed by atoms with Gasteiger partial charge in [-0.2, -0.15) is 0 Å². The van der Waals surface area contributed by atoms with E-state index in [1.807, 2.05) is 20.8 Å². The van der Waals surface area contributed by atoms with Gasteiger partial charge < -0.3 is 24.1 Å². The van der Waals surface area contributed by atoms with Crippen molar-refractivity contribution in [3.05, 3.63) is 45.2 Å². The smallest absolute Gasteiger partial charge is 0.346 e. The molecule has 2 fully saturated rings. The number of cyclic esters (lactones) is 1. The van der Waals surface area contributed by atoms with E-state index in [0.29, 0.717) is 17.9 Å². The van der Waals surface area contributed by atoms with Crippen LogP contribution in [0.4, 0.5) is 4.39 Å². The molecule has 0 aromatic heterocycles. The van der Waals surface area contributed by atoms with Crippen LogP contribution in [0.5, 0.6) is 23.0 Å². The summed E-state index contributed by atoms with van der Waals surface area (Å²) < 4.78 is 38.4. The molecule has 38 heavy (non-hydrogen) atoms. The van der Waals surface area contributed by atoms with Gasteiger partial charge in [0.25, 0.3) is 0 Å². The van der Waals surface area contributed by atoms with Crippen LogP contribution < -0.4 is 14.2 Å². The van der Waals surface area contributed by atoms with E-state index in [0.717, 1.165) is 25.7 Å². The molecule has 2 saturated carbocycles. The van der Waals surface area contributed by atoms with E-state index in [-0.39, 0.29) is 56.4 Å². The Morgan fingerprint density at radius 2 is 2.08 bits per heavy atom. The fourth-order valence-electron chi connectivity index (χ4n) is 6.26. The van der Waals surface area contributed by atoms with Crippen LogP contribution >= 0.6 is 15.9 Å². The quantitative estimate of drug-likeness (QED) is 0.290. The maximum atomic E-state index is 15.2. The monoisotopic (exact) mass is 590 g/mol. The average Bonchev–Trinajstić information content (AvgIpc) is 3.46. The number of carbonyl (C=O) groups is 2. The lowest BCUT2D eigenvalue weighted by Gasteiger charge is -2.31. The molecule has 5 rings (SSSR count). The molecule has 2 aliphatic carbocycles. The summed E-state index contributed by atoms with van der Waals surface area (Å²) in [5.74, 6) is -0.715. The van der Waals surface area contributed by atoms with E-state index in [9.17, 15) is 14.7 Å². The molecule has 0 radical (unpaired) electrons. The van der Waals surface area contributed by atoms with Gasteiger partial charge in [0.05, 0.1) is 28.7 Å². The molecule has 0 amide bonds. The number of hydrogen-bond donors (Lipinski definition) is 1. The normalized spacial score (nSPS) is 24.6. The van der Waals surface area contributed by atoms with Crippen molar-refractivity contribution < 1.29 is 38.0 Å². The Hall–Kier alpha value is -2.65. The van der Waals surface area contributed by atoms with Gasteiger partial charge in [-0.15, -0.1) is 0 Å². The SMILES string of the molecule is COc1c(C(O)CC(C)C)ccc2c1C(=O)OCc1c(F)c(Br)cc(OC(=O)C3(C)CC4CCC3C4)c1O2. The molecule has 4 atom stereocenters. The number of halogens is 2. The Morgan fingerprint density at radius 1 is 1.32 bits per heavy atom. The van der Waals surface area contributed by atoms with E-state index in [2.05, 4.69) is 15.9 Å². The van der Waals surface area contributed by atoms with Gasteiger partial charge in [0.1, 0.15) is 29.5 Å². The Labute approximate surface area is 229 Å². The molecule has 2 aromatic carbocycles. The number of hydrogen-bond acceptors (Lipinski definition) is 7. The van der Waals surface area contributed by atoms with Gasteiger partial charge in [-0.3, -0.25) is 4.79 Å². The van der Waals surface area contributed by atoms with Gasteiger partial charge in [0.15, 0.2) is 11.5 Å². The van der Waals surface area contributed by atoms with Gasteiger partial charge in [-0.1, -0.05) is 20.3 Å². The van der Waals surface area contributed by atoms with Gasteiger partial charge in [-0.25, -0.2) is 9.18 Å². The van der Waals surface area contributed by atoms with Crippen molar-refractivity contribution in [2.45, 2.75) is 65.6 Å². The van der Waals surface area contributed by atoms with Crippen molar-refractivity contribution in [2.24, 2.45) is 23.2 Å². The minimum absolute atomic E-state index is 0.0286. The number of aliphatic hydroxyl groups excluding tert-OH is 1. The predicted molar refractivity (Wildman–Crippen MR) is 140 cm³/mol. The number of rotatable bonds is 6. The van der Waals surface area contributed by atoms with E-state index in [1.165, 1.54) is 19.2 Å².